The van der Waals surface area contributed by atoms with Crippen molar-refractivity contribution in [3.63, 3.8) is 0 Å². The summed E-state index contributed by atoms with van der Waals surface area (Å²) in [6, 6.07) is 1.79. The van der Waals surface area contributed by atoms with Crippen molar-refractivity contribution in [2.45, 2.75) is 18.9 Å². The largest absolute Gasteiger partial charge is 0.384 e. The van der Waals surface area contributed by atoms with Crippen LogP contribution in [-0.4, -0.2) is 53.9 Å². The van der Waals surface area contributed by atoms with E-state index in [1.807, 2.05) is 19.0 Å². The molecule has 2 N–H and O–H groups in total. The van der Waals surface area contributed by atoms with Crippen LogP contribution in [0.1, 0.15) is 23.2 Å². The average Bonchev–Trinajstić information content (AvgIpc) is 2.78. The lowest BCUT2D eigenvalue weighted by Gasteiger charge is -2.27. The molecular formula is C13H19ClN4O. The number of pyridine rings is 1. The molecule has 0 saturated carbocycles. The van der Waals surface area contributed by atoms with Crippen LogP contribution >= 0.6 is 11.6 Å². The smallest absolute Gasteiger partial charge is 0.255 e. The zero-order valence-electron chi connectivity index (χ0n) is 11.3. The lowest BCUT2D eigenvalue weighted by atomic mass is 10.2. The Morgan fingerprint density at radius 1 is 1.63 bits per heavy atom. The van der Waals surface area contributed by atoms with E-state index < -0.39 is 0 Å². The topological polar surface area (TPSA) is 62.5 Å². The molecule has 1 aliphatic heterocycles. The number of rotatable bonds is 3. The molecule has 0 spiro atoms. The Hall–Kier alpha value is -1.33. The first-order chi connectivity index (χ1) is 8.99. The fraction of sp³-hybridized carbons (Fsp3) is 0.538. The van der Waals surface area contributed by atoms with Crippen LogP contribution in [0.3, 0.4) is 0 Å². The number of aromatic nitrogens is 1. The molecule has 0 bridgehead atoms. The van der Waals surface area contributed by atoms with Gasteiger partial charge in [-0.2, -0.15) is 0 Å². The number of likely N-dealkylation sites (tertiary alicyclic amines) is 1. The van der Waals surface area contributed by atoms with Gasteiger partial charge in [-0.1, -0.05) is 11.6 Å². The Morgan fingerprint density at radius 2 is 2.37 bits per heavy atom. The number of likely N-dealkylation sites (N-methyl/N-ethyl adjacent to an activating group) is 1. The SMILES string of the molecule is CN(C)CC1CCCN1C(=O)c1cc(N)ncc1Cl. The van der Waals surface area contributed by atoms with Gasteiger partial charge in [0.2, 0.25) is 0 Å². The fourth-order valence-corrected chi connectivity index (χ4v) is 2.67. The van der Waals surface area contributed by atoms with Crippen LogP contribution in [0.5, 0.6) is 0 Å². The molecule has 0 radical (unpaired) electrons. The quantitative estimate of drug-likeness (QED) is 0.912. The number of halogens is 1. The van der Waals surface area contributed by atoms with E-state index in [9.17, 15) is 4.79 Å². The molecule has 1 aromatic heterocycles. The van der Waals surface area contributed by atoms with Crippen LogP contribution < -0.4 is 5.73 Å². The predicted molar refractivity (Wildman–Crippen MR) is 76.3 cm³/mol. The summed E-state index contributed by atoms with van der Waals surface area (Å²) in [5, 5.41) is 0.356. The van der Waals surface area contributed by atoms with Gasteiger partial charge in [-0.15, -0.1) is 0 Å². The highest BCUT2D eigenvalue weighted by Gasteiger charge is 2.30. The summed E-state index contributed by atoms with van der Waals surface area (Å²) in [6.07, 6.45) is 3.49. The van der Waals surface area contributed by atoms with Gasteiger partial charge in [-0.25, -0.2) is 4.98 Å². The van der Waals surface area contributed by atoms with E-state index in [4.69, 9.17) is 17.3 Å². The Kier molecular flexibility index (Phi) is 4.27. The molecular weight excluding hydrogens is 264 g/mol. The van der Waals surface area contributed by atoms with E-state index in [0.717, 1.165) is 25.9 Å². The maximum absolute atomic E-state index is 12.6. The summed E-state index contributed by atoms with van der Waals surface area (Å²) in [7, 11) is 4.02. The Bertz CT molecular complexity index is 478. The first-order valence-corrected chi connectivity index (χ1v) is 6.73. The standard InChI is InChI=1S/C13H19ClN4O/c1-17(2)8-9-4-3-5-18(9)13(19)10-6-12(15)16-7-11(10)14/h6-7,9H,3-5,8H2,1-2H3,(H2,15,16). The highest BCUT2D eigenvalue weighted by Crippen LogP contribution is 2.24. The third-order valence-electron chi connectivity index (χ3n) is 3.32. The van der Waals surface area contributed by atoms with Crippen molar-refractivity contribution in [3.8, 4) is 0 Å². The lowest BCUT2D eigenvalue weighted by molar-refractivity contribution is 0.0716. The molecule has 6 heteroatoms. The van der Waals surface area contributed by atoms with Crippen molar-refractivity contribution in [1.29, 1.82) is 0 Å². The first kappa shape index (κ1) is 14.1. The zero-order valence-corrected chi connectivity index (χ0v) is 12.0. The Labute approximate surface area is 118 Å². The maximum Gasteiger partial charge on any atom is 0.255 e. The number of amides is 1. The Morgan fingerprint density at radius 3 is 3.05 bits per heavy atom. The van der Waals surface area contributed by atoms with Gasteiger partial charge in [0, 0.05) is 25.3 Å². The Balaban J connectivity index is 2.20. The van der Waals surface area contributed by atoms with Crippen LogP contribution in [0, 0.1) is 0 Å². The number of nitrogen functional groups attached to an aromatic ring is 1. The van der Waals surface area contributed by atoms with Gasteiger partial charge >= 0.3 is 0 Å². The van der Waals surface area contributed by atoms with Crippen LogP contribution in [0.2, 0.25) is 5.02 Å². The van der Waals surface area contributed by atoms with E-state index in [0.29, 0.717) is 16.4 Å². The van der Waals surface area contributed by atoms with Gasteiger partial charge in [-0.05, 0) is 33.0 Å². The van der Waals surface area contributed by atoms with Gasteiger partial charge in [0.15, 0.2) is 0 Å². The van der Waals surface area contributed by atoms with E-state index in [1.165, 1.54) is 6.20 Å². The average molecular weight is 283 g/mol. The molecule has 1 fully saturated rings. The predicted octanol–water partition coefficient (Wildman–Crippen LogP) is 1.48. The van der Waals surface area contributed by atoms with Gasteiger partial charge < -0.3 is 15.5 Å². The second-order valence-electron chi connectivity index (χ2n) is 5.15. The number of carbonyl (C=O) groups is 1. The van der Waals surface area contributed by atoms with E-state index >= 15 is 0 Å². The first-order valence-electron chi connectivity index (χ1n) is 6.35. The number of hydrogen-bond donors (Lipinski definition) is 1. The normalized spacial score (nSPS) is 19.2. The number of nitrogens with two attached hydrogens (primary N) is 1. The molecule has 1 unspecified atom stereocenters. The van der Waals surface area contributed by atoms with Crippen molar-refractivity contribution < 1.29 is 4.79 Å². The summed E-state index contributed by atoms with van der Waals surface area (Å²) in [6.45, 7) is 1.64. The van der Waals surface area contributed by atoms with Crippen molar-refractivity contribution in [2.75, 3.05) is 32.9 Å². The molecule has 1 amide bonds. The third-order valence-corrected chi connectivity index (χ3v) is 3.62. The van der Waals surface area contributed by atoms with Crippen LogP contribution in [-0.2, 0) is 0 Å². The molecule has 2 rings (SSSR count). The highest BCUT2D eigenvalue weighted by molar-refractivity contribution is 6.33. The molecule has 1 aliphatic rings. The van der Waals surface area contributed by atoms with Gasteiger partial charge in [0.05, 0.1) is 10.6 Å². The van der Waals surface area contributed by atoms with Crippen molar-refractivity contribution in [1.82, 2.24) is 14.8 Å². The summed E-state index contributed by atoms with van der Waals surface area (Å²) in [4.78, 5) is 20.4. The maximum atomic E-state index is 12.6. The van der Waals surface area contributed by atoms with Crippen LogP contribution in [0.15, 0.2) is 12.3 Å². The van der Waals surface area contributed by atoms with Gasteiger partial charge in [-0.3, -0.25) is 4.79 Å². The minimum atomic E-state index is -0.0524. The minimum Gasteiger partial charge on any atom is -0.384 e. The molecule has 0 aliphatic carbocycles. The second-order valence-corrected chi connectivity index (χ2v) is 5.55. The van der Waals surface area contributed by atoms with Crippen molar-refractivity contribution >= 4 is 23.3 Å². The molecule has 19 heavy (non-hydrogen) atoms. The van der Waals surface area contributed by atoms with Crippen LogP contribution in [0.4, 0.5) is 5.82 Å². The van der Waals surface area contributed by atoms with Gasteiger partial charge in [0.25, 0.3) is 5.91 Å². The van der Waals surface area contributed by atoms with Gasteiger partial charge in [0.1, 0.15) is 5.82 Å². The number of hydrogen-bond acceptors (Lipinski definition) is 4. The molecule has 1 aromatic rings. The number of nitrogens with zero attached hydrogens (tertiary/aromatic N) is 3. The minimum absolute atomic E-state index is 0.0524. The summed E-state index contributed by atoms with van der Waals surface area (Å²) in [5.41, 5.74) is 6.07. The van der Waals surface area contributed by atoms with Crippen molar-refractivity contribution in [3.05, 3.63) is 22.8 Å². The number of anilines is 1. The zero-order chi connectivity index (χ0) is 14.0. The molecule has 1 saturated heterocycles. The molecule has 1 atom stereocenters. The third kappa shape index (κ3) is 3.16. The van der Waals surface area contributed by atoms with Crippen LogP contribution in [0.25, 0.3) is 0 Å². The molecule has 5 nitrogen and oxygen atoms in total. The highest BCUT2D eigenvalue weighted by atomic mass is 35.5. The summed E-state index contributed by atoms with van der Waals surface area (Å²) < 4.78 is 0. The number of carbonyl (C=O) groups excluding carboxylic acids is 1. The van der Waals surface area contributed by atoms with Crippen molar-refractivity contribution in [2.24, 2.45) is 0 Å². The summed E-state index contributed by atoms with van der Waals surface area (Å²) in [5.74, 6) is 0.263. The molecule has 0 aromatic carbocycles. The summed E-state index contributed by atoms with van der Waals surface area (Å²) >= 11 is 6.05. The lowest BCUT2D eigenvalue weighted by Crippen LogP contribution is -2.41. The van der Waals surface area contributed by atoms with E-state index in [1.54, 1.807) is 6.07 Å². The molecule has 104 valence electrons. The molecule has 2 heterocycles. The van der Waals surface area contributed by atoms with E-state index in [-0.39, 0.29) is 11.9 Å². The monoisotopic (exact) mass is 282 g/mol. The van der Waals surface area contributed by atoms with E-state index in [2.05, 4.69) is 9.88 Å². The fourth-order valence-electron chi connectivity index (χ4n) is 2.49. The second kappa shape index (κ2) is 5.75.